The van der Waals surface area contributed by atoms with E-state index in [1.807, 2.05) is 0 Å². The van der Waals surface area contributed by atoms with Crippen molar-refractivity contribution in [1.82, 2.24) is 0 Å². The summed E-state index contributed by atoms with van der Waals surface area (Å²) in [7, 11) is 1.55. The topological polar surface area (TPSA) is 27.7 Å². The van der Waals surface area contributed by atoms with Crippen LogP contribution in [0.15, 0.2) is 0 Å². The molecule has 1 aliphatic heterocycles. The fourth-order valence-electron chi connectivity index (χ4n) is 1.20. The third kappa shape index (κ3) is 3.00. The third-order valence-corrected chi connectivity index (χ3v) is 4.56. The molecule has 0 aromatic rings. The summed E-state index contributed by atoms with van der Waals surface area (Å²) in [5.74, 6) is 0. The van der Waals surface area contributed by atoms with Gasteiger partial charge in [-0.1, -0.05) is 20.8 Å². The van der Waals surface area contributed by atoms with Crippen molar-refractivity contribution in [3.05, 3.63) is 0 Å². The molecule has 1 fully saturated rings. The van der Waals surface area contributed by atoms with Gasteiger partial charge in [0.05, 0.1) is 12.7 Å². The molecule has 0 spiro atoms. The maximum absolute atomic E-state index is 5.67. The van der Waals surface area contributed by atoms with Gasteiger partial charge in [-0.25, -0.2) is 0 Å². The SMILES string of the molecule is COP1(=S)OCCC(C(C)(C)C)O1. The van der Waals surface area contributed by atoms with Crippen molar-refractivity contribution in [1.29, 1.82) is 0 Å². The summed E-state index contributed by atoms with van der Waals surface area (Å²) in [5, 5.41) is 0. The third-order valence-electron chi connectivity index (χ3n) is 2.08. The van der Waals surface area contributed by atoms with Crippen LogP contribution in [0.1, 0.15) is 27.2 Å². The van der Waals surface area contributed by atoms with Crippen LogP contribution in [0.3, 0.4) is 0 Å². The van der Waals surface area contributed by atoms with E-state index < -0.39 is 6.72 Å². The fourth-order valence-corrected chi connectivity index (χ4v) is 3.05. The lowest BCUT2D eigenvalue weighted by Crippen LogP contribution is -2.33. The first-order valence-corrected chi connectivity index (χ1v) is 6.92. The van der Waals surface area contributed by atoms with E-state index in [1.165, 1.54) is 0 Å². The predicted molar refractivity (Wildman–Crippen MR) is 56.2 cm³/mol. The summed E-state index contributed by atoms with van der Waals surface area (Å²) in [6, 6.07) is 0. The Morgan fingerprint density at radius 2 is 2.08 bits per heavy atom. The smallest absolute Gasteiger partial charge is 0.312 e. The molecule has 2 atom stereocenters. The summed E-state index contributed by atoms with van der Waals surface area (Å²) >= 11 is 5.15. The molecule has 78 valence electrons. The van der Waals surface area contributed by atoms with Gasteiger partial charge in [-0.2, -0.15) is 0 Å². The van der Waals surface area contributed by atoms with Crippen LogP contribution >= 0.6 is 6.72 Å². The average Bonchev–Trinajstić information content (AvgIpc) is 2.03. The van der Waals surface area contributed by atoms with Crippen LogP contribution in [0.5, 0.6) is 0 Å². The normalized spacial score (nSPS) is 36.2. The first kappa shape index (κ1) is 11.6. The highest BCUT2D eigenvalue weighted by molar-refractivity contribution is 8.07. The van der Waals surface area contributed by atoms with E-state index >= 15 is 0 Å². The van der Waals surface area contributed by atoms with E-state index in [0.717, 1.165) is 6.42 Å². The van der Waals surface area contributed by atoms with Crippen molar-refractivity contribution < 1.29 is 13.6 Å². The van der Waals surface area contributed by atoms with E-state index in [2.05, 4.69) is 20.8 Å². The van der Waals surface area contributed by atoms with Gasteiger partial charge in [-0.3, -0.25) is 0 Å². The minimum absolute atomic E-state index is 0.104. The molecule has 0 N–H and O–H groups in total. The maximum Gasteiger partial charge on any atom is 0.327 e. The van der Waals surface area contributed by atoms with Gasteiger partial charge in [-0.15, -0.1) is 0 Å². The molecule has 0 aliphatic carbocycles. The van der Waals surface area contributed by atoms with Gasteiger partial charge >= 0.3 is 6.72 Å². The first-order valence-electron chi connectivity index (χ1n) is 4.36. The molecule has 0 aromatic carbocycles. The van der Waals surface area contributed by atoms with Gasteiger partial charge in [0.2, 0.25) is 0 Å². The maximum atomic E-state index is 5.67. The van der Waals surface area contributed by atoms with Crippen LogP contribution in [-0.2, 0) is 25.4 Å². The lowest BCUT2D eigenvalue weighted by Gasteiger charge is -2.37. The van der Waals surface area contributed by atoms with Crippen LogP contribution in [0.2, 0.25) is 0 Å². The van der Waals surface area contributed by atoms with Gasteiger partial charge in [0.25, 0.3) is 0 Å². The Balaban J connectivity index is 2.67. The molecule has 0 aromatic heterocycles. The molecule has 3 nitrogen and oxygen atoms in total. The monoisotopic (exact) mass is 224 g/mol. The Kier molecular flexibility index (Phi) is 3.53. The standard InChI is InChI=1S/C8H17O3PS/c1-8(2,3)7-5-6-10-12(13,9-4)11-7/h7H,5-6H2,1-4H3. The molecular weight excluding hydrogens is 207 g/mol. The van der Waals surface area contributed by atoms with Crippen LogP contribution in [0, 0.1) is 5.41 Å². The summed E-state index contributed by atoms with van der Waals surface area (Å²) in [4.78, 5) is 0. The Labute approximate surface area is 85.0 Å². The molecule has 0 amide bonds. The lowest BCUT2D eigenvalue weighted by atomic mass is 9.87. The quantitative estimate of drug-likeness (QED) is 0.640. The predicted octanol–water partition coefficient (Wildman–Crippen LogP) is 2.71. The highest BCUT2D eigenvalue weighted by atomic mass is 32.5. The first-order chi connectivity index (χ1) is 5.87. The molecule has 2 unspecified atom stereocenters. The van der Waals surface area contributed by atoms with E-state index in [1.54, 1.807) is 7.11 Å². The second-order valence-electron chi connectivity index (χ2n) is 4.21. The molecular formula is C8H17O3PS. The molecule has 1 aliphatic rings. The Morgan fingerprint density at radius 3 is 2.54 bits per heavy atom. The van der Waals surface area contributed by atoms with Crippen molar-refractivity contribution in [2.75, 3.05) is 13.7 Å². The van der Waals surface area contributed by atoms with Crippen molar-refractivity contribution >= 4 is 18.5 Å². The molecule has 13 heavy (non-hydrogen) atoms. The Bertz CT molecular complexity index is 224. The van der Waals surface area contributed by atoms with Gasteiger partial charge < -0.3 is 13.6 Å². The summed E-state index contributed by atoms with van der Waals surface area (Å²) in [6.07, 6.45) is 1.04. The largest absolute Gasteiger partial charge is 0.327 e. The molecule has 1 saturated heterocycles. The lowest BCUT2D eigenvalue weighted by molar-refractivity contribution is 0.00655. The zero-order chi connectivity index (χ0) is 10.1. The Hall–Kier alpha value is 0.530. The average molecular weight is 224 g/mol. The molecule has 5 heteroatoms. The number of hydrogen-bond acceptors (Lipinski definition) is 4. The molecule has 0 radical (unpaired) electrons. The minimum atomic E-state index is -2.41. The highest BCUT2D eigenvalue weighted by Gasteiger charge is 2.36. The van der Waals surface area contributed by atoms with Gasteiger partial charge in [0, 0.05) is 7.11 Å². The molecule has 0 saturated carbocycles. The summed E-state index contributed by atoms with van der Waals surface area (Å²) in [6.45, 7) is 4.64. The van der Waals surface area contributed by atoms with E-state index in [0.29, 0.717) is 6.61 Å². The molecule has 1 heterocycles. The zero-order valence-corrected chi connectivity index (χ0v) is 10.3. The van der Waals surface area contributed by atoms with Crippen molar-refractivity contribution in [2.45, 2.75) is 33.3 Å². The fraction of sp³-hybridized carbons (Fsp3) is 1.00. The van der Waals surface area contributed by atoms with Crippen LogP contribution in [-0.4, -0.2) is 19.8 Å². The van der Waals surface area contributed by atoms with Gasteiger partial charge in [0.15, 0.2) is 0 Å². The van der Waals surface area contributed by atoms with Crippen molar-refractivity contribution in [3.63, 3.8) is 0 Å². The van der Waals surface area contributed by atoms with Crippen LogP contribution < -0.4 is 0 Å². The summed E-state index contributed by atoms with van der Waals surface area (Å²) in [5.41, 5.74) is 0.104. The second kappa shape index (κ2) is 3.95. The second-order valence-corrected chi connectivity index (χ2v) is 7.28. The van der Waals surface area contributed by atoms with Gasteiger partial charge in [-0.05, 0) is 23.6 Å². The van der Waals surface area contributed by atoms with E-state index in [4.69, 9.17) is 25.4 Å². The number of hydrogen-bond donors (Lipinski definition) is 0. The Morgan fingerprint density at radius 1 is 1.46 bits per heavy atom. The van der Waals surface area contributed by atoms with Crippen molar-refractivity contribution in [3.8, 4) is 0 Å². The van der Waals surface area contributed by atoms with E-state index in [-0.39, 0.29) is 11.5 Å². The van der Waals surface area contributed by atoms with Crippen LogP contribution in [0.4, 0.5) is 0 Å². The summed E-state index contributed by atoms with van der Waals surface area (Å²) < 4.78 is 16.1. The van der Waals surface area contributed by atoms with E-state index in [9.17, 15) is 0 Å². The van der Waals surface area contributed by atoms with Crippen molar-refractivity contribution in [2.24, 2.45) is 5.41 Å². The highest BCUT2D eigenvalue weighted by Crippen LogP contribution is 2.55. The molecule has 0 bridgehead atoms. The van der Waals surface area contributed by atoms with Gasteiger partial charge in [0.1, 0.15) is 0 Å². The minimum Gasteiger partial charge on any atom is -0.312 e. The van der Waals surface area contributed by atoms with Crippen LogP contribution in [0.25, 0.3) is 0 Å². The molecule has 1 rings (SSSR count). The number of rotatable bonds is 1. The zero-order valence-electron chi connectivity index (χ0n) is 8.57.